The van der Waals surface area contributed by atoms with Crippen LogP contribution in [0, 0.1) is 5.41 Å². The summed E-state index contributed by atoms with van der Waals surface area (Å²) in [4.78, 5) is 4.24. The smallest absolute Gasteiger partial charge is 0.213 e. The van der Waals surface area contributed by atoms with Gasteiger partial charge in [-0.2, -0.15) is 0 Å². The minimum atomic E-state index is 0.283. The lowest BCUT2D eigenvalue weighted by Crippen LogP contribution is -2.46. The maximum Gasteiger partial charge on any atom is 0.213 e. The molecule has 0 unspecified atom stereocenters. The summed E-state index contributed by atoms with van der Waals surface area (Å²) in [5.74, 6) is 0.688. The zero-order chi connectivity index (χ0) is 17.1. The van der Waals surface area contributed by atoms with E-state index in [2.05, 4.69) is 29.2 Å². The molecule has 0 bridgehead atoms. The Kier molecular flexibility index (Phi) is 4.62. The van der Waals surface area contributed by atoms with Gasteiger partial charge in [0, 0.05) is 6.07 Å². The van der Waals surface area contributed by atoms with Crippen LogP contribution in [0.1, 0.15) is 44.1 Å². The summed E-state index contributed by atoms with van der Waals surface area (Å²) >= 11 is 0. The first kappa shape index (κ1) is 16.4. The van der Waals surface area contributed by atoms with Gasteiger partial charge in [-0.05, 0) is 55.6 Å². The van der Waals surface area contributed by atoms with Crippen LogP contribution in [0.4, 0.5) is 5.69 Å². The van der Waals surface area contributed by atoms with Crippen molar-refractivity contribution in [2.45, 2.75) is 57.3 Å². The lowest BCUT2D eigenvalue weighted by atomic mass is 9.59. The Labute approximate surface area is 149 Å². The average Bonchev–Trinajstić information content (AvgIpc) is 2.62. The van der Waals surface area contributed by atoms with Crippen molar-refractivity contribution in [1.29, 1.82) is 0 Å². The predicted octanol–water partition coefficient (Wildman–Crippen LogP) is 4.35. The van der Waals surface area contributed by atoms with Gasteiger partial charge in [-0.15, -0.1) is 0 Å². The molecule has 2 N–H and O–H groups in total. The largest absolute Gasteiger partial charge is 0.474 e. The SMILES string of the molecule is Nc1ccc(OC2CCC3(CC2)CC(OCc2ccccc2)C3)nc1. The number of pyridine rings is 1. The molecule has 1 heterocycles. The minimum absolute atomic E-state index is 0.283. The molecule has 1 spiro atoms. The molecule has 0 saturated heterocycles. The molecule has 1 aromatic carbocycles. The number of anilines is 1. The molecule has 1 aromatic heterocycles. The molecule has 4 rings (SSSR count). The molecule has 0 radical (unpaired) electrons. The Morgan fingerprint density at radius 1 is 1.00 bits per heavy atom. The van der Waals surface area contributed by atoms with Crippen LogP contribution in [0.2, 0.25) is 0 Å². The van der Waals surface area contributed by atoms with Crippen LogP contribution in [0.3, 0.4) is 0 Å². The third-order valence-electron chi connectivity index (χ3n) is 5.69. The summed E-state index contributed by atoms with van der Waals surface area (Å²) in [7, 11) is 0. The summed E-state index contributed by atoms with van der Waals surface area (Å²) in [6.45, 7) is 0.732. The first-order valence-electron chi connectivity index (χ1n) is 9.25. The molecule has 25 heavy (non-hydrogen) atoms. The van der Waals surface area contributed by atoms with Gasteiger partial charge < -0.3 is 15.2 Å². The highest BCUT2D eigenvalue weighted by Gasteiger charge is 2.46. The van der Waals surface area contributed by atoms with Crippen molar-refractivity contribution >= 4 is 5.69 Å². The molecular formula is C21H26N2O2. The topological polar surface area (TPSA) is 57.4 Å². The normalized spacial score (nSPS) is 28.5. The number of nitrogens with two attached hydrogens (primary N) is 1. The Morgan fingerprint density at radius 3 is 2.44 bits per heavy atom. The lowest BCUT2D eigenvalue weighted by molar-refractivity contribution is -0.112. The number of hydrogen-bond acceptors (Lipinski definition) is 4. The Bertz CT molecular complexity index is 671. The van der Waals surface area contributed by atoms with Gasteiger partial charge >= 0.3 is 0 Å². The van der Waals surface area contributed by atoms with Crippen LogP contribution in [-0.4, -0.2) is 17.2 Å². The van der Waals surface area contributed by atoms with Crippen LogP contribution in [0.5, 0.6) is 5.88 Å². The lowest BCUT2D eigenvalue weighted by Gasteiger charge is -2.51. The van der Waals surface area contributed by atoms with E-state index in [1.54, 1.807) is 6.20 Å². The third-order valence-corrected chi connectivity index (χ3v) is 5.69. The first-order chi connectivity index (χ1) is 12.2. The number of hydrogen-bond donors (Lipinski definition) is 1. The Hall–Kier alpha value is -2.07. The number of benzene rings is 1. The zero-order valence-electron chi connectivity index (χ0n) is 14.6. The fraction of sp³-hybridized carbons (Fsp3) is 0.476. The molecule has 0 atom stereocenters. The molecule has 4 heteroatoms. The quantitative estimate of drug-likeness (QED) is 0.880. The fourth-order valence-electron chi connectivity index (χ4n) is 4.17. The molecule has 0 aliphatic heterocycles. The van der Waals surface area contributed by atoms with Crippen LogP contribution in [0.15, 0.2) is 48.7 Å². The van der Waals surface area contributed by atoms with Crippen molar-refractivity contribution < 1.29 is 9.47 Å². The second kappa shape index (κ2) is 7.04. The number of aromatic nitrogens is 1. The summed E-state index contributed by atoms with van der Waals surface area (Å²) < 4.78 is 12.1. The predicted molar refractivity (Wildman–Crippen MR) is 98.2 cm³/mol. The van der Waals surface area contributed by atoms with Gasteiger partial charge in [0.05, 0.1) is 24.6 Å². The Balaban J connectivity index is 1.20. The van der Waals surface area contributed by atoms with Gasteiger partial charge in [-0.1, -0.05) is 30.3 Å². The minimum Gasteiger partial charge on any atom is -0.474 e. The molecule has 2 aliphatic rings. The van der Waals surface area contributed by atoms with Gasteiger partial charge in [-0.3, -0.25) is 0 Å². The first-order valence-corrected chi connectivity index (χ1v) is 9.25. The highest BCUT2D eigenvalue weighted by atomic mass is 16.5. The van der Waals surface area contributed by atoms with E-state index in [1.807, 2.05) is 18.2 Å². The zero-order valence-corrected chi connectivity index (χ0v) is 14.6. The maximum absolute atomic E-state index is 6.07. The summed E-state index contributed by atoms with van der Waals surface area (Å²) in [5, 5.41) is 0. The number of nitrogen functional groups attached to an aromatic ring is 1. The van der Waals surface area contributed by atoms with Crippen LogP contribution in [0.25, 0.3) is 0 Å². The summed E-state index contributed by atoms with van der Waals surface area (Å²) in [5.41, 5.74) is 8.09. The van der Waals surface area contributed by atoms with Gasteiger partial charge in [0.15, 0.2) is 0 Å². The summed E-state index contributed by atoms with van der Waals surface area (Å²) in [6, 6.07) is 14.1. The molecule has 0 amide bonds. The van der Waals surface area contributed by atoms with Crippen molar-refractivity contribution in [3.63, 3.8) is 0 Å². The van der Waals surface area contributed by atoms with Crippen LogP contribution in [-0.2, 0) is 11.3 Å². The standard InChI is InChI=1S/C21H26N2O2/c22-17-6-7-20(23-14-17)25-18-8-10-21(11-9-18)12-19(13-21)24-15-16-4-2-1-3-5-16/h1-7,14,18-19H,8-13,15,22H2. The third kappa shape index (κ3) is 3.96. The van der Waals surface area contributed by atoms with Crippen molar-refractivity contribution in [2.24, 2.45) is 5.41 Å². The molecule has 4 nitrogen and oxygen atoms in total. The number of ether oxygens (including phenoxy) is 2. The maximum atomic E-state index is 6.07. The number of rotatable bonds is 5. The molecule has 2 saturated carbocycles. The molecule has 2 aromatic rings. The molecular weight excluding hydrogens is 312 g/mol. The Morgan fingerprint density at radius 2 is 1.76 bits per heavy atom. The average molecular weight is 338 g/mol. The van der Waals surface area contributed by atoms with E-state index < -0.39 is 0 Å². The van der Waals surface area contributed by atoms with E-state index in [9.17, 15) is 0 Å². The van der Waals surface area contributed by atoms with Gasteiger partial charge in [0.2, 0.25) is 5.88 Å². The molecule has 132 valence electrons. The van der Waals surface area contributed by atoms with E-state index >= 15 is 0 Å². The van der Waals surface area contributed by atoms with Crippen molar-refractivity contribution in [3.8, 4) is 5.88 Å². The van der Waals surface area contributed by atoms with Crippen molar-refractivity contribution in [2.75, 3.05) is 5.73 Å². The monoisotopic (exact) mass is 338 g/mol. The van der Waals surface area contributed by atoms with Gasteiger partial charge in [0.25, 0.3) is 0 Å². The van der Waals surface area contributed by atoms with E-state index in [1.165, 1.54) is 31.2 Å². The van der Waals surface area contributed by atoms with Crippen LogP contribution < -0.4 is 10.5 Å². The second-order valence-electron chi connectivity index (χ2n) is 7.57. The van der Waals surface area contributed by atoms with E-state index in [0.717, 1.165) is 19.4 Å². The highest BCUT2D eigenvalue weighted by molar-refractivity contribution is 5.36. The van der Waals surface area contributed by atoms with Gasteiger partial charge in [-0.25, -0.2) is 4.98 Å². The van der Waals surface area contributed by atoms with E-state index in [0.29, 0.717) is 23.1 Å². The van der Waals surface area contributed by atoms with E-state index in [4.69, 9.17) is 15.2 Å². The van der Waals surface area contributed by atoms with E-state index in [-0.39, 0.29) is 6.10 Å². The van der Waals surface area contributed by atoms with Crippen LogP contribution >= 0.6 is 0 Å². The highest BCUT2D eigenvalue weighted by Crippen LogP contribution is 2.53. The van der Waals surface area contributed by atoms with Crippen molar-refractivity contribution in [3.05, 3.63) is 54.2 Å². The van der Waals surface area contributed by atoms with Gasteiger partial charge in [0.1, 0.15) is 6.10 Å². The molecule has 2 fully saturated rings. The number of nitrogens with zero attached hydrogens (tertiary/aromatic N) is 1. The second-order valence-corrected chi connectivity index (χ2v) is 7.57. The molecule has 2 aliphatic carbocycles. The summed E-state index contributed by atoms with van der Waals surface area (Å²) in [6.07, 6.45) is 9.45. The van der Waals surface area contributed by atoms with Crippen molar-refractivity contribution in [1.82, 2.24) is 4.98 Å². The fourth-order valence-corrected chi connectivity index (χ4v) is 4.17.